The van der Waals surface area contributed by atoms with Crippen LogP contribution in [0.15, 0.2) is 73.2 Å². The first-order chi connectivity index (χ1) is 21.8. The lowest BCUT2D eigenvalue weighted by Gasteiger charge is -2.42. The van der Waals surface area contributed by atoms with Crippen LogP contribution in [-0.2, 0) is 20.0 Å². The molecule has 0 spiro atoms. The number of aromatic nitrogens is 3. The van der Waals surface area contributed by atoms with E-state index in [-0.39, 0.29) is 5.91 Å². The highest BCUT2D eigenvalue weighted by molar-refractivity contribution is 7.91. The Morgan fingerprint density at radius 1 is 0.870 bits per heavy atom. The van der Waals surface area contributed by atoms with Gasteiger partial charge in [0.15, 0.2) is 0 Å². The Hall–Kier alpha value is -4.25. The summed E-state index contributed by atoms with van der Waals surface area (Å²) < 4.78 is 45.9. The predicted octanol–water partition coefficient (Wildman–Crippen LogP) is 3.43. The van der Waals surface area contributed by atoms with Crippen molar-refractivity contribution in [2.24, 2.45) is 5.92 Å². The van der Waals surface area contributed by atoms with Gasteiger partial charge in [0, 0.05) is 61.8 Å². The summed E-state index contributed by atoms with van der Waals surface area (Å²) in [7, 11) is 5.76. The first kappa shape index (κ1) is 33.1. The zero-order valence-corrected chi connectivity index (χ0v) is 27.9. The van der Waals surface area contributed by atoms with Gasteiger partial charge in [0.25, 0.3) is 0 Å². The van der Waals surface area contributed by atoms with Gasteiger partial charge in [0.1, 0.15) is 43.0 Å². The van der Waals surface area contributed by atoms with Gasteiger partial charge in [0.2, 0.25) is 11.8 Å². The molecule has 5 rings (SSSR count). The Labute approximate surface area is 272 Å². The molecule has 1 amide bonds. The van der Waals surface area contributed by atoms with Crippen LogP contribution >= 0.6 is 0 Å². The number of hydrogen-bond donors (Lipinski definition) is 0. The van der Waals surface area contributed by atoms with Crippen LogP contribution in [0, 0.1) is 11.7 Å². The molecule has 1 fully saturated rings. The summed E-state index contributed by atoms with van der Waals surface area (Å²) >= 11 is 0. The van der Waals surface area contributed by atoms with E-state index in [1.165, 1.54) is 12.3 Å². The zero-order chi connectivity index (χ0) is 33.2. The first-order valence-electron chi connectivity index (χ1n) is 15.2. The van der Waals surface area contributed by atoms with E-state index in [2.05, 4.69) is 15.0 Å². The average molecular weight is 641 g/mol. The maximum Gasteiger partial charge on any atom is 0.230 e. The number of ether oxygens (including phenoxy) is 1. The molecule has 238 valence electrons. The van der Waals surface area contributed by atoms with Gasteiger partial charge in [-0.2, -0.15) is 0 Å². The van der Waals surface area contributed by atoms with E-state index in [1.54, 1.807) is 48.8 Å². The molecular formula is C33H38B2FN5O4S. The zero-order valence-electron chi connectivity index (χ0n) is 27.1. The van der Waals surface area contributed by atoms with Crippen molar-refractivity contribution in [2.75, 3.05) is 37.3 Å². The highest BCUT2D eigenvalue weighted by Gasteiger charge is 2.41. The quantitative estimate of drug-likeness (QED) is 0.256. The number of benzene rings is 1. The van der Waals surface area contributed by atoms with Gasteiger partial charge >= 0.3 is 0 Å². The lowest BCUT2D eigenvalue weighted by atomic mass is 9.56. The van der Waals surface area contributed by atoms with Gasteiger partial charge in [-0.15, -0.1) is 0 Å². The Bertz CT molecular complexity index is 1830. The third-order valence-electron chi connectivity index (χ3n) is 8.83. The molecular weight excluding hydrogens is 603 g/mol. The molecule has 0 N–H and O–H groups in total. The Balaban J connectivity index is 1.55. The normalized spacial score (nSPS) is 16.9. The van der Waals surface area contributed by atoms with E-state index in [0.717, 1.165) is 22.5 Å². The summed E-state index contributed by atoms with van der Waals surface area (Å²) in [6.07, 6.45) is 7.86. The van der Waals surface area contributed by atoms with Gasteiger partial charge in [-0.25, -0.2) is 27.8 Å². The number of carbonyl (C=O) groups is 1. The number of pyridine rings is 3. The SMILES string of the molecule is BC(B)(c1ccc(-c2ccc(N(C)C)nc2)cc1F)N(C(=O)C1CCC(S(C)(=O)=O)CC1)c1cc(-c2ccnc(OC)c2)ccn1. The smallest absolute Gasteiger partial charge is 0.230 e. The molecule has 0 saturated heterocycles. The molecule has 1 saturated carbocycles. The van der Waals surface area contributed by atoms with Crippen molar-refractivity contribution in [1.29, 1.82) is 0 Å². The summed E-state index contributed by atoms with van der Waals surface area (Å²) in [5.74, 6) is 0.476. The van der Waals surface area contributed by atoms with Crippen LogP contribution in [0.1, 0.15) is 31.2 Å². The molecule has 9 nitrogen and oxygen atoms in total. The molecule has 3 aromatic heterocycles. The van der Waals surface area contributed by atoms with Crippen LogP contribution in [0.25, 0.3) is 22.3 Å². The van der Waals surface area contributed by atoms with E-state index in [4.69, 9.17) is 4.74 Å². The fraction of sp³-hybridized carbons (Fsp3) is 0.333. The highest BCUT2D eigenvalue weighted by atomic mass is 32.2. The molecule has 46 heavy (non-hydrogen) atoms. The van der Waals surface area contributed by atoms with Crippen LogP contribution in [0.3, 0.4) is 0 Å². The van der Waals surface area contributed by atoms with Crippen molar-refractivity contribution in [3.05, 3.63) is 84.6 Å². The largest absolute Gasteiger partial charge is 0.481 e. The molecule has 13 heteroatoms. The summed E-state index contributed by atoms with van der Waals surface area (Å²) in [5, 5.41) is -1.63. The Morgan fingerprint density at radius 2 is 1.50 bits per heavy atom. The number of sulfone groups is 1. The van der Waals surface area contributed by atoms with Crippen molar-refractivity contribution in [3.8, 4) is 28.1 Å². The number of halogens is 1. The molecule has 1 aliphatic rings. The number of hydrogen-bond acceptors (Lipinski definition) is 8. The second kappa shape index (κ2) is 13.2. The van der Waals surface area contributed by atoms with Crippen molar-refractivity contribution in [2.45, 2.75) is 36.3 Å². The molecule has 1 aromatic carbocycles. The lowest BCUT2D eigenvalue weighted by molar-refractivity contribution is -0.123. The van der Waals surface area contributed by atoms with Gasteiger partial charge in [0.05, 0.1) is 12.4 Å². The number of rotatable bonds is 9. The Morgan fingerprint density at radius 3 is 2.09 bits per heavy atom. The fourth-order valence-electron chi connectivity index (χ4n) is 6.15. The number of amides is 1. The first-order valence-corrected chi connectivity index (χ1v) is 17.2. The van der Waals surface area contributed by atoms with Crippen molar-refractivity contribution >= 4 is 43.1 Å². The van der Waals surface area contributed by atoms with Crippen molar-refractivity contribution in [1.82, 2.24) is 15.0 Å². The standard InChI is InChI=1S/C33H38B2FN5O4S/c1-40(2)29-12-8-25(20-39-29)22-7-11-27(28(36)17-22)33(34,35)41(32(42)21-5-9-26(10-6-21)46(4,43)44)30-18-23(13-15-37-30)24-14-16-38-31(19-24)45-3/h7-8,11-21,26H,5-6,9-10,34-35H2,1-4H3. The minimum absolute atomic E-state index is 0.221. The molecule has 0 unspecified atom stereocenters. The summed E-state index contributed by atoms with van der Waals surface area (Å²) in [6.45, 7) is 0. The van der Waals surface area contributed by atoms with Crippen molar-refractivity contribution in [3.63, 3.8) is 0 Å². The van der Waals surface area contributed by atoms with Crippen LogP contribution in [0.2, 0.25) is 0 Å². The van der Waals surface area contributed by atoms with Gasteiger partial charge in [-0.05, 0) is 84.3 Å². The van der Waals surface area contributed by atoms with Gasteiger partial charge in [-0.3, -0.25) is 4.79 Å². The molecule has 3 heterocycles. The van der Waals surface area contributed by atoms with E-state index in [0.29, 0.717) is 48.5 Å². The maximum absolute atomic E-state index is 16.2. The van der Waals surface area contributed by atoms with Crippen molar-refractivity contribution < 1.29 is 22.3 Å². The molecule has 4 aromatic rings. The van der Waals surface area contributed by atoms with Crippen LogP contribution < -0.4 is 14.5 Å². The van der Waals surface area contributed by atoms with E-state index >= 15 is 4.39 Å². The minimum Gasteiger partial charge on any atom is -0.481 e. The average Bonchev–Trinajstić information content (AvgIpc) is 3.04. The molecule has 1 aliphatic carbocycles. The topological polar surface area (TPSA) is 106 Å². The number of anilines is 2. The van der Waals surface area contributed by atoms with E-state index < -0.39 is 32.2 Å². The van der Waals surface area contributed by atoms with E-state index in [9.17, 15) is 13.2 Å². The lowest BCUT2D eigenvalue weighted by Crippen LogP contribution is -2.54. The summed E-state index contributed by atoms with van der Waals surface area (Å²) in [4.78, 5) is 31.2. The second-order valence-corrected chi connectivity index (χ2v) is 14.8. The number of carbonyl (C=O) groups excluding carboxylic acids is 1. The highest BCUT2D eigenvalue weighted by Crippen LogP contribution is 2.37. The fourth-order valence-corrected chi connectivity index (χ4v) is 7.28. The minimum atomic E-state index is -3.21. The predicted molar refractivity (Wildman–Crippen MR) is 185 cm³/mol. The maximum atomic E-state index is 16.2. The van der Waals surface area contributed by atoms with Gasteiger partial charge < -0.3 is 14.5 Å². The third kappa shape index (κ3) is 6.94. The number of methoxy groups -OCH3 is 1. The van der Waals surface area contributed by atoms with Crippen LogP contribution in [0.4, 0.5) is 16.0 Å². The van der Waals surface area contributed by atoms with Crippen LogP contribution in [-0.4, -0.2) is 77.7 Å². The van der Waals surface area contributed by atoms with E-state index in [1.807, 2.05) is 65.0 Å². The molecule has 0 bridgehead atoms. The summed E-state index contributed by atoms with van der Waals surface area (Å²) in [5.41, 5.74) is 3.36. The van der Waals surface area contributed by atoms with Crippen LogP contribution in [0.5, 0.6) is 5.88 Å². The number of nitrogens with zero attached hydrogens (tertiary/aromatic N) is 5. The molecule has 0 aliphatic heterocycles. The van der Waals surface area contributed by atoms with Gasteiger partial charge in [-0.1, -0.05) is 12.1 Å². The third-order valence-corrected chi connectivity index (χ3v) is 10.5. The second-order valence-electron chi connectivity index (χ2n) is 12.5. The summed E-state index contributed by atoms with van der Waals surface area (Å²) in [6, 6.07) is 16.1. The Kier molecular flexibility index (Phi) is 9.53. The molecule has 0 radical (unpaired) electrons. The molecule has 0 atom stereocenters. The monoisotopic (exact) mass is 641 g/mol.